The summed E-state index contributed by atoms with van der Waals surface area (Å²) in [5.74, 6) is -0.129. The third-order valence-electron chi connectivity index (χ3n) is 3.05. The van der Waals surface area contributed by atoms with Crippen LogP contribution in [0.5, 0.6) is 0 Å². The largest absolute Gasteiger partial charge is 0.321 e. The van der Waals surface area contributed by atoms with Gasteiger partial charge in [-0.05, 0) is 31.4 Å². The van der Waals surface area contributed by atoms with Crippen LogP contribution in [-0.2, 0) is 12.8 Å². The number of H-pyrrole nitrogens is 1. The Bertz CT molecular complexity index is 545. The minimum atomic E-state index is -0.129. The topological polar surface area (TPSA) is 57.8 Å². The lowest BCUT2D eigenvalue weighted by Crippen LogP contribution is -2.14. The zero-order valence-corrected chi connectivity index (χ0v) is 9.36. The van der Waals surface area contributed by atoms with Crippen molar-refractivity contribution in [1.82, 2.24) is 10.2 Å². The van der Waals surface area contributed by atoms with Gasteiger partial charge in [-0.1, -0.05) is 18.2 Å². The minimum absolute atomic E-state index is 0.129. The number of hydrogen-bond donors (Lipinski definition) is 2. The maximum Gasteiger partial charge on any atom is 0.276 e. The SMILES string of the molecule is O=C(Nc1ccccc1)c1n[nH]c2c1CCC2. The number of carbonyl (C=O) groups excluding carboxylic acids is 1. The van der Waals surface area contributed by atoms with Gasteiger partial charge in [0.25, 0.3) is 5.91 Å². The highest BCUT2D eigenvalue weighted by atomic mass is 16.1. The van der Waals surface area contributed by atoms with Crippen LogP contribution in [0.2, 0.25) is 0 Å². The van der Waals surface area contributed by atoms with Gasteiger partial charge in [0.15, 0.2) is 5.69 Å². The Kier molecular flexibility index (Phi) is 2.40. The molecule has 1 heterocycles. The maximum atomic E-state index is 12.0. The van der Waals surface area contributed by atoms with Crippen LogP contribution in [0.3, 0.4) is 0 Å². The fourth-order valence-electron chi connectivity index (χ4n) is 2.22. The Morgan fingerprint density at radius 1 is 1.24 bits per heavy atom. The first-order valence-electron chi connectivity index (χ1n) is 5.77. The molecule has 0 spiro atoms. The van der Waals surface area contributed by atoms with Crippen molar-refractivity contribution in [1.29, 1.82) is 0 Å². The first-order chi connectivity index (χ1) is 8.34. The van der Waals surface area contributed by atoms with E-state index in [0.717, 1.165) is 36.2 Å². The monoisotopic (exact) mass is 227 g/mol. The highest BCUT2D eigenvalue weighted by molar-refractivity contribution is 6.04. The second-order valence-electron chi connectivity index (χ2n) is 4.20. The van der Waals surface area contributed by atoms with Crippen molar-refractivity contribution in [3.8, 4) is 0 Å². The predicted octanol–water partition coefficient (Wildman–Crippen LogP) is 2.15. The molecule has 2 N–H and O–H groups in total. The minimum Gasteiger partial charge on any atom is -0.321 e. The molecule has 1 aromatic heterocycles. The van der Waals surface area contributed by atoms with Gasteiger partial charge in [-0.25, -0.2) is 0 Å². The molecule has 1 aliphatic carbocycles. The molecule has 0 fully saturated rings. The molecule has 3 rings (SSSR count). The molecule has 0 radical (unpaired) electrons. The lowest BCUT2D eigenvalue weighted by molar-refractivity contribution is 0.102. The lowest BCUT2D eigenvalue weighted by Gasteiger charge is -2.03. The number of hydrogen-bond acceptors (Lipinski definition) is 2. The highest BCUT2D eigenvalue weighted by Gasteiger charge is 2.22. The first kappa shape index (κ1) is 10.1. The number of nitrogens with one attached hydrogen (secondary N) is 2. The van der Waals surface area contributed by atoms with Crippen LogP contribution in [0.15, 0.2) is 30.3 Å². The fourth-order valence-corrected chi connectivity index (χ4v) is 2.22. The van der Waals surface area contributed by atoms with Gasteiger partial charge < -0.3 is 5.32 Å². The number of carbonyl (C=O) groups is 1. The number of aromatic amines is 1. The highest BCUT2D eigenvalue weighted by Crippen LogP contribution is 2.23. The number of rotatable bonds is 2. The number of amides is 1. The van der Waals surface area contributed by atoms with E-state index in [2.05, 4.69) is 15.5 Å². The number of nitrogens with zero attached hydrogens (tertiary/aromatic N) is 1. The summed E-state index contributed by atoms with van der Waals surface area (Å²) in [6.45, 7) is 0. The second-order valence-corrected chi connectivity index (χ2v) is 4.20. The van der Waals surface area contributed by atoms with E-state index in [1.807, 2.05) is 30.3 Å². The zero-order chi connectivity index (χ0) is 11.7. The first-order valence-corrected chi connectivity index (χ1v) is 5.77. The van der Waals surface area contributed by atoms with Crippen LogP contribution in [0.1, 0.15) is 28.2 Å². The average molecular weight is 227 g/mol. The van der Waals surface area contributed by atoms with Crippen molar-refractivity contribution in [2.75, 3.05) is 5.32 Å². The molecule has 0 saturated heterocycles. The Morgan fingerprint density at radius 2 is 2.06 bits per heavy atom. The van der Waals surface area contributed by atoms with Gasteiger partial charge in [-0.3, -0.25) is 9.89 Å². The van der Waals surface area contributed by atoms with Crippen molar-refractivity contribution in [3.05, 3.63) is 47.3 Å². The summed E-state index contributed by atoms with van der Waals surface area (Å²) in [5.41, 5.74) is 3.54. The quantitative estimate of drug-likeness (QED) is 0.825. The maximum absolute atomic E-state index is 12.0. The van der Waals surface area contributed by atoms with Crippen LogP contribution in [0.25, 0.3) is 0 Å². The van der Waals surface area contributed by atoms with Crippen LogP contribution < -0.4 is 5.32 Å². The lowest BCUT2D eigenvalue weighted by atomic mass is 10.2. The summed E-state index contributed by atoms with van der Waals surface area (Å²) in [6.07, 6.45) is 3.06. The summed E-state index contributed by atoms with van der Waals surface area (Å²) >= 11 is 0. The van der Waals surface area contributed by atoms with E-state index in [9.17, 15) is 4.79 Å². The summed E-state index contributed by atoms with van der Waals surface area (Å²) in [4.78, 5) is 12.0. The normalized spacial score (nSPS) is 13.4. The number of fused-ring (bicyclic) bond motifs is 1. The number of anilines is 1. The van der Waals surface area contributed by atoms with Crippen molar-refractivity contribution in [2.45, 2.75) is 19.3 Å². The molecular weight excluding hydrogens is 214 g/mol. The Hall–Kier alpha value is -2.10. The van der Waals surface area contributed by atoms with Gasteiger partial charge in [0.1, 0.15) is 0 Å². The number of benzene rings is 1. The van der Waals surface area contributed by atoms with Gasteiger partial charge in [0.2, 0.25) is 0 Å². The third-order valence-corrected chi connectivity index (χ3v) is 3.05. The molecule has 2 aromatic rings. The molecular formula is C13H13N3O. The standard InChI is InChI=1S/C13H13N3O/c17-13(14-9-5-2-1-3-6-9)12-10-7-4-8-11(10)15-16-12/h1-3,5-6H,4,7-8H2,(H,14,17)(H,15,16). The summed E-state index contributed by atoms with van der Waals surface area (Å²) in [7, 11) is 0. The van der Waals surface area contributed by atoms with Gasteiger partial charge in [-0.15, -0.1) is 0 Å². The molecule has 1 aliphatic rings. The molecule has 1 amide bonds. The molecule has 4 heteroatoms. The molecule has 4 nitrogen and oxygen atoms in total. The van der Waals surface area contributed by atoms with Crippen molar-refractivity contribution >= 4 is 11.6 Å². The van der Waals surface area contributed by atoms with Gasteiger partial charge in [-0.2, -0.15) is 5.10 Å². The molecule has 0 unspecified atom stereocenters. The van der Waals surface area contributed by atoms with E-state index in [0.29, 0.717) is 5.69 Å². The Morgan fingerprint density at radius 3 is 2.88 bits per heavy atom. The number of aromatic nitrogens is 2. The summed E-state index contributed by atoms with van der Waals surface area (Å²) in [5, 5.41) is 9.89. The smallest absolute Gasteiger partial charge is 0.276 e. The molecule has 1 aromatic carbocycles. The van der Waals surface area contributed by atoms with E-state index in [1.54, 1.807) is 0 Å². The summed E-state index contributed by atoms with van der Waals surface area (Å²) in [6, 6.07) is 9.44. The van der Waals surface area contributed by atoms with Crippen molar-refractivity contribution in [3.63, 3.8) is 0 Å². The van der Waals surface area contributed by atoms with E-state index >= 15 is 0 Å². The van der Waals surface area contributed by atoms with Gasteiger partial charge >= 0.3 is 0 Å². The molecule has 0 bridgehead atoms. The van der Waals surface area contributed by atoms with E-state index in [-0.39, 0.29) is 5.91 Å². The molecule has 0 atom stereocenters. The van der Waals surface area contributed by atoms with E-state index in [4.69, 9.17) is 0 Å². The molecule has 86 valence electrons. The van der Waals surface area contributed by atoms with E-state index < -0.39 is 0 Å². The predicted molar refractivity (Wildman–Crippen MR) is 65.0 cm³/mol. The third kappa shape index (κ3) is 1.82. The molecule has 0 aliphatic heterocycles. The second kappa shape index (κ2) is 4.05. The molecule has 17 heavy (non-hydrogen) atoms. The van der Waals surface area contributed by atoms with Crippen LogP contribution >= 0.6 is 0 Å². The number of aryl methyl sites for hydroxylation is 1. The van der Waals surface area contributed by atoms with Crippen LogP contribution in [-0.4, -0.2) is 16.1 Å². The average Bonchev–Trinajstić information content (AvgIpc) is 2.91. The van der Waals surface area contributed by atoms with Crippen LogP contribution in [0, 0.1) is 0 Å². The van der Waals surface area contributed by atoms with E-state index in [1.165, 1.54) is 0 Å². The van der Waals surface area contributed by atoms with Gasteiger partial charge in [0, 0.05) is 16.9 Å². The van der Waals surface area contributed by atoms with Crippen molar-refractivity contribution in [2.24, 2.45) is 0 Å². The number of para-hydroxylation sites is 1. The van der Waals surface area contributed by atoms with Crippen molar-refractivity contribution < 1.29 is 4.79 Å². The van der Waals surface area contributed by atoms with Crippen LogP contribution in [0.4, 0.5) is 5.69 Å². The Labute approximate surface area is 99.1 Å². The summed E-state index contributed by atoms with van der Waals surface area (Å²) < 4.78 is 0. The Balaban J connectivity index is 1.83. The van der Waals surface area contributed by atoms with Gasteiger partial charge in [0.05, 0.1) is 0 Å². The fraction of sp³-hybridized carbons (Fsp3) is 0.231. The zero-order valence-electron chi connectivity index (χ0n) is 9.36. The molecule has 0 saturated carbocycles.